The second-order valence-corrected chi connectivity index (χ2v) is 5.05. The van der Waals surface area contributed by atoms with Crippen molar-refractivity contribution in [2.45, 2.75) is 39.2 Å². The van der Waals surface area contributed by atoms with Crippen molar-refractivity contribution >= 4 is 0 Å². The third-order valence-corrected chi connectivity index (χ3v) is 3.29. The Balaban J connectivity index is 2.11. The van der Waals surface area contributed by atoms with Crippen LogP contribution >= 0.6 is 0 Å². The standard InChI is InChI=1S/C14H20N4/c1-11(2)14(18-16-8-9-17-18)10-12(3)13-6-4-5-7-15-13/h4-9,11-12,14H,10H2,1-3H3. The van der Waals surface area contributed by atoms with Crippen LogP contribution in [0.4, 0.5) is 0 Å². The first-order valence-corrected chi connectivity index (χ1v) is 6.45. The number of pyridine rings is 1. The molecule has 0 saturated carbocycles. The average molecular weight is 244 g/mol. The van der Waals surface area contributed by atoms with Crippen LogP contribution in [-0.2, 0) is 0 Å². The molecular formula is C14H20N4. The average Bonchev–Trinajstić information content (AvgIpc) is 2.90. The fourth-order valence-corrected chi connectivity index (χ4v) is 2.18. The van der Waals surface area contributed by atoms with E-state index in [1.807, 2.05) is 23.1 Å². The van der Waals surface area contributed by atoms with E-state index in [0.717, 1.165) is 12.1 Å². The molecule has 0 amide bonds. The van der Waals surface area contributed by atoms with Crippen molar-refractivity contribution in [2.75, 3.05) is 0 Å². The van der Waals surface area contributed by atoms with Crippen molar-refractivity contribution in [1.29, 1.82) is 0 Å². The molecule has 0 saturated heterocycles. The van der Waals surface area contributed by atoms with E-state index in [2.05, 4.69) is 42.0 Å². The Bertz CT molecular complexity index is 450. The second-order valence-electron chi connectivity index (χ2n) is 5.05. The van der Waals surface area contributed by atoms with Gasteiger partial charge in [-0.05, 0) is 24.5 Å². The molecule has 0 spiro atoms. The van der Waals surface area contributed by atoms with Crippen LogP contribution in [-0.4, -0.2) is 20.0 Å². The maximum atomic E-state index is 4.42. The molecule has 0 fully saturated rings. The van der Waals surface area contributed by atoms with E-state index in [0.29, 0.717) is 17.9 Å². The quantitative estimate of drug-likeness (QED) is 0.812. The first kappa shape index (κ1) is 12.7. The van der Waals surface area contributed by atoms with Gasteiger partial charge in [0.1, 0.15) is 0 Å². The lowest BCUT2D eigenvalue weighted by Crippen LogP contribution is -2.20. The Morgan fingerprint density at radius 2 is 1.78 bits per heavy atom. The van der Waals surface area contributed by atoms with Gasteiger partial charge >= 0.3 is 0 Å². The van der Waals surface area contributed by atoms with Gasteiger partial charge in [-0.15, -0.1) is 0 Å². The summed E-state index contributed by atoms with van der Waals surface area (Å²) in [6.07, 6.45) is 6.33. The van der Waals surface area contributed by atoms with E-state index >= 15 is 0 Å². The van der Waals surface area contributed by atoms with E-state index in [4.69, 9.17) is 0 Å². The summed E-state index contributed by atoms with van der Waals surface area (Å²) in [5, 5.41) is 8.54. The van der Waals surface area contributed by atoms with Gasteiger partial charge in [0.2, 0.25) is 0 Å². The molecule has 0 radical (unpaired) electrons. The molecule has 2 rings (SSSR count). The summed E-state index contributed by atoms with van der Waals surface area (Å²) >= 11 is 0. The van der Waals surface area contributed by atoms with E-state index in [-0.39, 0.29) is 0 Å². The molecule has 2 aromatic rings. The molecule has 2 aromatic heterocycles. The highest BCUT2D eigenvalue weighted by Crippen LogP contribution is 2.28. The summed E-state index contributed by atoms with van der Waals surface area (Å²) in [5.41, 5.74) is 1.13. The molecule has 2 atom stereocenters. The van der Waals surface area contributed by atoms with Gasteiger partial charge < -0.3 is 0 Å². The minimum absolute atomic E-state index is 0.317. The molecule has 0 aliphatic heterocycles. The highest BCUT2D eigenvalue weighted by atomic mass is 15.5. The van der Waals surface area contributed by atoms with E-state index in [1.165, 1.54) is 0 Å². The summed E-state index contributed by atoms with van der Waals surface area (Å²) in [7, 11) is 0. The van der Waals surface area contributed by atoms with Gasteiger partial charge in [-0.1, -0.05) is 26.8 Å². The second kappa shape index (κ2) is 5.76. The largest absolute Gasteiger partial charge is 0.261 e. The lowest BCUT2D eigenvalue weighted by molar-refractivity contribution is 0.279. The van der Waals surface area contributed by atoms with Crippen molar-refractivity contribution in [3.8, 4) is 0 Å². The minimum Gasteiger partial charge on any atom is -0.261 e. The minimum atomic E-state index is 0.317. The molecule has 2 unspecified atom stereocenters. The van der Waals surface area contributed by atoms with Gasteiger partial charge in [0.25, 0.3) is 0 Å². The number of aromatic nitrogens is 4. The lowest BCUT2D eigenvalue weighted by atomic mass is 9.92. The Hall–Kier alpha value is -1.71. The van der Waals surface area contributed by atoms with Gasteiger partial charge in [0.15, 0.2) is 0 Å². The van der Waals surface area contributed by atoms with Crippen LogP contribution in [0.5, 0.6) is 0 Å². The molecule has 4 heteroatoms. The molecule has 4 nitrogen and oxygen atoms in total. The fraction of sp³-hybridized carbons (Fsp3) is 0.500. The first-order valence-electron chi connectivity index (χ1n) is 6.45. The molecule has 96 valence electrons. The van der Waals surface area contributed by atoms with Crippen molar-refractivity contribution in [3.05, 3.63) is 42.5 Å². The van der Waals surface area contributed by atoms with E-state index < -0.39 is 0 Å². The zero-order valence-electron chi connectivity index (χ0n) is 11.2. The summed E-state index contributed by atoms with van der Waals surface area (Å²) in [4.78, 5) is 6.25. The Morgan fingerprint density at radius 1 is 1.06 bits per heavy atom. The molecule has 0 N–H and O–H groups in total. The van der Waals surface area contributed by atoms with Crippen LogP contribution < -0.4 is 0 Å². The third-order valence-electron chi connectivity index (χ3n) is 3.29. The Morgan fingerprint density at radius 3 is 2.33 bits per heavy atom. The molecule has 0 bridgehead atoms. The highest BCUT2D eigenvalue weighted by Gasteiger charge is 2.21. The maximum Gasteiger partial charge on any atom is 0.0745 e. The topological polar surface area (TPSA) is 43.6 Å². The lowest BCUT2D eigenvalue weighted by Gasteiger charge is -2.23. The normalized spacial score (nSPS) is 14.7. The number of hydrogen-bond donors (Lipinski definition) is 0. The molecule has 0 aromatic carbocycles. The van der Waals surface area contributed by atoms with Crippen molar-refractivity contribution in [3.63, 3.8) is 0 Å². The Kier molecular flexibility index (Phi) is 4.07. The highest BCUT2D eigenvalue weighted by molar-refractivity contribution is 5.08. The van der Waals surface area contributed by atoms with Crippen LogP contribution in [0, 0.1) is 5.92 Å². The molecule has 0 aliphatic carbocycles. The van der Waals surface area contributed by atoms with Crippen molar-refractivity contribution in [1.82, 2.24) is 20.0 Å². The zero-order chi connectivity index (χ0) is 13.0. The van der Waals surface area contributed by atoms with Crippen molar-refractivity contribution < 1.29 is 0 Å². The maximum absolute atomic E-state index is 4.42. The van der Waals surface area contributed by atoms with Crippen LogP contribution in [0.15, 0.2) is 36.8 Å². The fourth-order valence-electron chi connectivity index (χ4n) is 2.18. The SMILES string of the molecule is CC(CC(C(C)C)n1nccn1)c1ccccn1. The van der Waals surface area contributed by atoms with Gasteiger partial charge in [-0.25, -0.2) is 0 Å². The Labute approximate surface area is 108 Å². The molecule has 18 heavy (non-hydrogen) atoms. The van der Waals surface area contributed by atoms with Gasteiger partial charge in [-0.3, -0.25) is 4.98 Å². The predicted molar refractivity (Wildman–Crippen MR) is 71.2 cm³/mol. The number of nitrogens with zero attached hydrogens (tertiary/aromatic N) is 4. The van der Waals surface area contributed by atoms with E-state index in [1.54, 1.807) is 12.4 Å². The zero-order valence-corrected chi connectivity index (χ0v) is 11.2. The number of rotatable bonds is 5. The first-order chi connectivity index (χ1) is 8.68. The number of hydrogen-bond acceptors (Lipinski definition) is 3. The molecule has 0 aliphatic rings. The smallest absolute Gasteiger partial charge is 0.0745 e. The van der Waals surface area contributed by atoms with Crippen molar-refractivity contribution in [2.24, 2.45) is 5.92 Å². The summed E-state index contributed by atoms with van der Waals surface area (Å²) in [6, 6.07) is 6.39. The summed E-state index contributed by atoms with van der Waals surface area (Å²) in [5.74, 6) is 0.910. The van der Waals surface area contributed by atoms with Crippen LogP contribution in [0.3, 0.4) is 0 Å². The summed E-state index contributed by atoms with van der Waals surface area (Å²) in [6.45, 7) is 6.62. The third kappa shape index (κ3) is 2.94. The van der Waals surface area contributed by atoms with Crippen LogP contribution in [0.25, 0.3) is 0 Å². The van der Waals surface area contributed by atoms with Gasteiger partial charge in [0, 0.05) is 17.8 Å². The predicted octanol–water partition coefficient (Wildman–Crippen LogP) is 3.06. The monoisotopic (exact) mass is 244 g/mol. The summed E-state index contributed by atoms with van der Waals surface area (Å²) < 4.78 is 0. The van der Waals surface area contributed by atoms with Gasteiger partial charge in [-0.2, -0.15) is 15.0 Å². The molecular weight excluding hydrogens is 224 g/mol. The van der Waals surface area contributed by atoms with Gasteiger partial charge in [0.05, 0.1) is 18.4 Å². The van der Waals surface area contributed by atoms with Crippen LogP contribution in [0.2, 0.25) is 0 Å². The molecule has 2 heterocycles. The van der Waals surface area contributed by atoms with Crippen LogP contribution in [0.1, 0.15) is 44.8 Å². The van der Waals surface area contributed by atoms with E-state index in [9.17, 15) is 0 Å².